The molecule has 0 fully saturated rings. The largest absolute Gasteiger partial charge is 0.496 e. The Morgan fingerprint density at radius 1 is 0.690 bits per heavy atom. The molecule has 7 nitrogen and oxygen atoms in total. The van der Waals surface area contributed by atoms with Crippen LogP contribution >= 0.6 is 0 Å². The molecule has 0 aromatic heterocycles. The van der Waals surface area contributed by atoms with Crippen LogP contribution in [0.3, 0.4) is 0 Å². The predicted molar refractivity (Wildman–Crippen MR) is 110 cm³/mol. The highest BCUT2D eigenvalue weighted by Crippen LogP contribution is 2.44. The van der Waals surface area contributed by atoms with Crippen molar-refractivity contribution in [2.45, 2.75) is 18.8 Å². The lowest BCUT2D eigenvalue weighted by Gasteiger charge is -2.29. The number of nitrogens with zero attached hydrogens (tertiary/aromatic N) is 1. The Morgan fingerprint density at radius 3 is 1.83 bits per heavy atom. The van der Waals surface area contributed by atoms with E-state index in [1.165, 1.54) is 0 Å². The molecule has 0 saturated heterocycles. The number of hydrogen-bond donors (Lipinski definition) is 0. The van der Waals surface area contributed by atoms with Gasteiger partial charge in [-0.05, 0) is 36.6 Å². The molecule has 0 spiro atoms. The Kier molecular flexibility index (Phi) is 6.36. The number of oxime groups is 1. The first-order chi connectivity index (χ1) is 14.1. The Balaban J connectivity index is 2.16. The van der Waals surface area contributed by atoms with Crippen molar-refractivity contribution in [3.8, 4) is 28.7 Å². The van der Waals surface area contributed by atoms with Gasteiger partial charge in [-0.1, -0.05) is 5.16 Å². The number of hydrogen-bond acceptors (Lipinski definition) is 7. The molecule has 0 bridgehead atoms. The summed E-state index contributed by atoms with van der Waals surface area (Å²) in [7, 11) is 9.66. The van der Waals surface area contributed by atoms with Gasteiger partial charge in [-0.2, -0.15) is 0 Å². The maximum Gasteiger partial charge on any atom is 0.164 e. The van der Waals surface area contributed by atoms with Gasteiger partial charge in [-0.3, -0.25) is 0 Å². The van der Waals surface area contributed by atoms with E-state index < -0.39 is 0 Å². The summed E-state index contributed by atoms with van der Waals surface area (Å²) in [5.41, 5.74) is 3.87. The fraction of sp³-hybridized carbons (Fsp3) is 0.409. The molecule has 29 heavy (non-hydrogen) atoms. The molecule has 0 aliphatic heterocycles. The first-order valence-electron chi connectivity index (χ1n) is 9.27. The average molecular weight is 401 g/mol. The first kappa shape index (κ1) is 20.6. The number of ether oxygens (including phenoxy) is 5. The van der Waals surface area contributed by atoms with Crippen molar-refractivity contribution in [3.63, 3.8) is 0 Å². The van der Waals surface area contributed by atoms with Crippen molar-refractivity contribution in [3.05, 3.63) is 41.0 Å². The average Bonchev–Trinajstić information content (AvgIpc) is 2.77. The summed E-state index contributed by atoms with van der Waals surface area (Å²) in [6.07, 6.45) is 1.68. The molecule has 2 aromatic carbocycles. The van der Waals surface area contributed by atoms with Crippen LogP contribution in [0, 0.1) is 0 Å². The lowest BCUT2D eigenvalue weighted by Crippen LogP contribution is -2.23. The summed E-state index contributed by atoms with van der Waals surface area (Å²) in [4.78, 5) is 5.21. The number of aryl methyl sites for hydroxylation is 1. The maximum atomic E-state index is 5.66. The highest BCUT2D eigenvalue weighted by Gasteiger charge is 2.32. The normalized spacial score (nSPS) is 16.8. The molecule has 0 radical (unpaired) electrons. The molecule has 0 saturated carbocycles. The molecule has 0 N–H and O–H groups in total. The van der Waals surface area contributed by atoms with Gasteiger partial charge < -0.3 is 28.5 Å². The summed E-state index contributed by atoms with van der Waals surface area (Å²) in [6.45, 7) is 0. The van der Waals surface area contributed by atoms with Crippen LogP contribution in [0.5, 0.6) is 28.7 Å². The quantitative estimate of drug-likeness (QED) is 0.657. The number of rotatable bonds is 7. The van der Waals surface area contributed by atoms with Gasteiger partial charge in [0.25, 0.3) is 0 Å². The van der Waals surface area contributed by atoms with Gasteiger partial charge in [0.2, 0.25) is 0 Å². The molecule has 3 rings (SSSR count). The van der Waals surface area contributed by atoms with Gasteiger partial charge in [0.15, 0.2) is 23.0 Å². The van der Waals surface area contributed by atoms with E-state index in [0.717, 1.165) is 35.2 Å². The summed E-state index contributed by atoms with van der Waals surface area (Å²) in [6, 6.07) is 7.73. The van der Waals surface area contributed by atoms with E-state index in [4.69, 9.17) is 28.5 Å². The van der Waals surface area contributed by atoms with Crippen LogP contribution in [0.1, 0.15) is 29.0 Å². The van der Waals surface area contributed by atoms with Gasteiger partial charge in [0, 0.05) is 23.1 Å². The van der Waals surface area contributed by atoms with Crippen molar-refractivity contribution in [2.75, 3.05) is 42.7 Å². The highest BCUT2D eigenvalue weighted by atomic mass is 16.6. The molecule has 1 atom stereocenters. The number of benzene rings is 2. The predicted octanol–water partition coefficient (Wildman–Crippen LogP) is 3.81. The van der Waals surface area contributed by atoms with Crippen molar-refractivity contribution in [2.24, 2.45) is 5.16 Å². The van der Waals surface area contributed by atoms with Crippen LogP contribution in [-0.2, 0) is 11.3 Å². The van der Waals surface area contributed by atoms with E-state index in [1.807, 2.05) is 24.3 Å². The zero-order valence-corrected chi connectivity index (χ0v) is 17.7. The van der Waals surface area contributed by atoms with Gasteiger partial charge in [-0.25, -0.2) is 0 Å². The number of fused-ring (bicyclic) bond motifs is 1. The second-order valence-electron chi connectivity index (χ2n) is 6.56. The second-order valence-corrected chi connectivity index (χ2v) is 6.56. The topological polar surface area (TPSA) is 67.7 Å². The van der Waals surface area contributed by atoms with Crippen LogP contribution in [0.4, 0.5) is 0 Å². The molecular weight excluding hydrogens is 374 g/mol. The van der Waals surface area contributed by atoms with Crippen molar-refractivity contribution < 1.29 is 28.5 Å². The summed E-state index contributed by atoms with van der Waals surface area (Å²) in [5.74, 6) is 3.26. The van der Waals surface area contributed by atoms with Gasteiger partial charge >= 0.3 is 0 Å². The van der Waals surface area contributed by atoms with Crippen LogP contribution < -0.4 is 23.7 Å². The minimum Gasteiger partial charge on any atom is -0.496 e. The Morgan fingerprint density at radius 2 is 1.24 bits per heavy atom. The van der Waals surface area contributed by atoms with Crippen LogP contribution in [0.25, 0.3) is 0 Å². The van der Waals surface area contributed by atoms with E-state index in [1.54, 1.807) is 42.7 Å². The lowest BCUT2D eigenvalue weighted by atomic mass is 9.78. The summed E-state index contributed by atoms with van der Waals surface area (Å²) >= 11 is 0. The zero-order valence-electron chi connectivity index (χ0n) is 17.7. The van der Waals surface area contributed by atoms with E-state index >= 15 is 0 Å². The standard InChI is InChI=1S/C22H27NO6/c1-24-17-12-21(28-5)20(27-4)11-16(17)14-8-7-13-9-18(25-2)19(26-3)10-15(13)22(14)23-29-6/h9-12,14H,7-8H2,1-6H3/b23-22+. The molecule has 7 heteroatoms. The number of methoxy groups -OCH3 is 5. The van der Waals surface area contributed by atoms with Crippen molar-refractivity contribution in [1.29, 1.82) is 0 Å². The van der Waals surface area contributed by atoms with E-state index in [9.17, 15) is 0 Å². The molecular formula is C22H27NO6. The monoisotopic (exact) mass is 401 g/mol. The lowest BCUT2D eigenvalue weighted by molar-refractivity contribution is 0.212. The van der Waals surface area contributed by atoms with Gasteiger partial charge in [0.05, 0.1) is 41.3 Å². The summed E-state index contributed by atoms with van der Waals surface area (Å²) in [5, 5.41) is 4.38. The first-order valence-corrected chi connectivity index (χ1v) is 9.27. The third kappa shape index (κ3) is 3.77. The van der Waals surface area contributed by atoms with E-state index in [0.29, 0.717) is 28.7 Å². The SMILES string of the molecule is CO/N=C1/c2cc(OC)c(OC)cc2CCC1c1cc(OC)c(OC)cc1OC. The highest BCUT2D eigenvalue weighted by molar-refractivity contribution is 6.07. The van der Waals surface area contributed by atoms with E-state index in [-0.39, 0.29) is 5.92 Å². The van der Waals surface area contributed by atoms with Gasteiger partial charge in [0.1, 0.15) is 12.9 Å². The van der Waals surface area contributed by atoms with Crippen molar-refractivity contribution >= 4 is 5.71 Å². The molecule has 156 valence electrons. The second kappa shape index (κ2) is 8.94. The smallest absolute Gasteiger partial charge is 0.164 e. The maximum absolute atomic E-state index is 5.66. The Labute approximate surface area is 171 Å². The molecule has 1 unspecified atom stereocenters. The van der Waals surface area contributed by atoms with E-state index in [2.05, 4.69) is 5.16 Å². The molecule has 0 heterocycles. The van der Waals surface area contributed by atoms with Gasteiger partial charge in [-0.15, -0.1) is 0 Å². The molecule has 2 aromatic rings. The third-order valence-corrected chi connectivity index (χ3v) is 5.22. The Hall–Kier alpha value is -3.09. The molecule has 1 aliphatic carbocycles. The summed E-state index contributed by atoms with van der Waals surface area (Å²) < 4.78 is 27.5. The van der Waals surface area contributed by atoms with Crippen molar-refractivity contribution in [1.82, 2.24) is 0 Å². The third-order valence-electron chi connectivity index (χ3n) is 5.22. The Bertz CT molecular complexity index is 909. The zero-order chi connectivity index (χ0) is 21.0. The molecule has 0 amide bonds. The fourth-order valence-corrected chi connectivity index (χ4v) is 3.83. The fourth-order valence-electron chi connectivity index (χ4n) is 3.83. The minimum atomic E-state index is -0.0460. The minimum absolute atomic E-state index is 0.0460. The van der Waals surface area contributed by atoms with Crippen LogP contribution in [-0.4, -0.2) is 48.4 Å². The van der Waals surface area contributed by atoms with Crippen LogP contribution in [0.2, 0.25) is 0 Å². The molecule has 1 aliphatic rings. The van der Waals surface area contributed by atoms with Crippen LogP contribution in [0.15, 0.2) is 29.4 Å².